The molecule has 1 unspecified atom stereocenters. The van der Waals surface area contributed by atoms with Crippen LogP contribution in [-0.4, -0.2) is 23.3 Å². The zero-order valence-electron chi connectivity index (χ0n) is 12.7. The van der Waals surface area contributed by atoms with Crippen LogP contribution in [0.25, 0.3) is 0 Å². The van der Waals surface area contributed by atoms with Crippen molar-refractivity contribution in [1.82, 2.24) is 4.98 Å². The molecule has 0 N–H and O–H groups in total. The van der Waals surface area contributed by atoms with Gasteiger partial charge in [0.1, 0.15) is 0 Å². The summed E-state index contributed by atoms with van der Waals surface area (Å²) in [6, 6.07) is 14.1. The van der Waals surface area contributed by atoms with E-state index in [9.17, 15) is 0 Å². The summed E-state index contributed by atoms with van der Waals surface area (Å²) in [6.07, 6.45) is 4.45. The molecule has 2 heterocycles. The molecule has 0 aliphatic carbocycles. The summed E-state index contributed by atoms with van der Waals surface area (Å²) in [5, 5.41) is 0. The second-order valence-electron chi connectivity index (χ2n) is 6.26. The predicted molar refractivity (Wildman–Crippen MR) is 84.4 cm³/mol. The van der Waals surface area contributed by atoms with Crippen molar-refractivity contribution >= 4 is 12.6 Å². The maximum Gasteiger partial charge on any atom is 0.494 e. The van der Waals surface area contributed by atoms with E-state index < -0.39 is 5.60 Å². The van der Waals surface area contributed by atoms with Crippen LogP contribution in [0.15, 0.2) is 54.9 Å². The molecule has 0 bridgehead atoms. The second-order valence-corrected chi connectivity index (χ2v) is 6.26. The van der Waals surface area contributed by atoms with Crippen LogP contribution in [0.4, 0.5) is 0 Å². The lowest BCUT2D eigenvalue weighted by molar-refractivity contribution is -0.00882. The maximum atomic E-state index is 6.30. The van der Waals surface area contributed by atoms with Crippen LogP contribution in [0.1, 0.15) is 26.3 Å². The van der Waals surface area contributed by atoms with Crippen molar-refractivity contribution < 1.29 is 9.31 Å². The first-order chi connectivity index (χ1) is 10.0. The average molecular weight is 281 g/mol. The van der Waals surface area contributed by atoms with Gasteiger partial charge in [-0.05, 0) is 37.9 Å². The molecule has 1 aromatic heterocycles. The van der Waals surface area contributed by atoms with Crippen LogP contribution in [-0.2, 0) is 15.7 Å². The molecule has 1 aliphatic rings. The van der Waals surface area contributed by atoms with Gasteiger partial charge in [-0.2, -0.15) is 0 Å². The summed E-state index contributed by atoms with van der Waals surface area (Å²) >= 11 is 0. The van der Waals surface area contributed by atoms with Crippen LogP contribution in [0.3, 0.4) is 0 Å². The minimum atomic E-state index is -0.392. The number of rotatable bonds is 3. The Balaban J connectivity index is 1.85. The van der Waals surface area contributed by atoms with E-state index in [4.69, 9.17) is 9.31 Å². The normalized spacial score (nSPS) is 24.2. The van der Waals surface area contributed by atoms with E-state index in [1.165, 1.54) is 0 Å². The van der Waals surface area contributed by atoms with Gasteiger partial charge >= 0.3 is 7.12 Å². The number of nitrogens with zero attached hydrogens (tertiary/aromatic N) is 1. The Kier molecular flexibility index (Phi) is 3.60. The van der Waals surface area contributed by atoms with Crippen molar-refractivity contribution in [2.75, 3.05) is 0 Å². The SMILES string of the molecule is CC1(C)OB(c2ccccc2)OC1(C)Cc1cccnc1. The Morgan fingerprint density at radius 1 is 1.00 bits per heavy atom. The molecular weight excluding hydrogens is 261 g/mol. The molecule has 1 saturated heterocycles. The first-order valence-electron chi connectivity index (χ1n) is 7.30. The molecule has 0 radical (unpaired) electrons. The quantitative estimate of drug-likeness (QED) is 0.810. The summed E-state index contributed by atoms with van der Waals surface area (Å²) in [5.41, 5.74) is 1.45. The molecule has 0 spiro atoms. The number of hydrogen-bond acceptors (Lipinski definition) is 3. The van der Waals surface area contributed by atoms with E-state index in [2.05, 4.69) is 31.8 Å². The van der Waals surface area contributed by atoms with Crippen LogP contribution in [0, 0.1) is 0 Å². The first-order valence-corrected chi connectivity index (χ1v) is 7.30. The summed E-state index contributed by atoms with van der Waals surface area (Å²) in [4.78, 5) is 4.19. The lowest BCUT2D eigenvalue weighted by atomic mass is 9.79. The fourth-order valence-corrected chi connectivity index (χ4v) is 2.69. The molecule has 4 heteroatoms. The van der Waals surface area contributed by atoms with Gasteiger partial charge in [0.2, 0.25) is 0 Å². The molecule has 21 heavy (non-hydrogen) atoms. The minimum Gasteiger partial charge on any atom is -0.399 e. The summed E-state index contributed by atoms with van der Waals surface area (Å²) in [5.74, 6) is 0. The van der Waals surface area contributed by atoms with Gasteiger partial charge in [-0.25, -0.2) is 0 Å². The Morgan fingerprint density at radius 2 is 1.76 bits per heavy atom. The van der Waals surface area contributed by atoms with Gasteiger partial charge in [0, 0.05) is 18.8 Å². The fourth-order valence-electron chi connectivity index (χ4n) is 2.69. The highest BCUT2D eigenvalue weighted by molar-refractivity contribution is 6.62. The molecule has 3 rings (SSSR count). The molecule has 0 saturated carbocycles. The van der Waals surface area contributed by atoms with Gasteiger partial charge in [-0.3, -0.25) is 4.98 Å². The third-order valence-electron chi connectivity index (χ3n) is 4.38. The van der Waals surface area contributed by atoms with Crippen molar-refractivity contribution in [2.24, 2.45) is 0 Å². The Labute approximate surface area is 126 Å². The number of aromatic nitrogens is 1. The third-order valence-corrected chi connectivity index (χ3v) is 4.38. The second kappa shape index (κ2) is 5.28. The predicted octanol–water partition coefficient (Wildman–Crippen LogP) is 2.60. The lowest BCUT2D eigenvalue weighted by Gasteiger charge is -2.36. The van der Waals surface area contributed by atoms with Gasteiger partial charge in [-0.15, -0.1) is 0 Å². The average Bonchev–Trinajstić information content (AvgIpc) is 2.71. The minimum absolute atomic E-state index is 0.317. The van der Waals surface area contributed by atoms with E-state index >= 15 is 0 Å². The molecular formula is C17H20BNO2. The van der Waals surface area contributed by atoms with Gasteiger partial charge in [0.15, 0.2) is 0 Å². The van der Waals surface area contributed by atoms with E-state index in [0.717, 1.165) is 17.4 Å². The van der Waals surface area contributed by atoms with E-state index in [-0.39, 0.29) is 12.7 Å². The van der Waals surface area contributed by atoms with Gasteiger partial charge in [0.05, 0.1) is 11.2 Å². The Hall–Kier alpha value is -1.65. The topological polar surface area (TPSA) is 31.4 Å². The number of hydrogen-bond donors (Lipinski definition) is 0. The summed E-state index contributed by atoms with van der Waals surface area (Å²) < 4.78 is 12.5. The van der Waals surface area contributed by atoms with Gasteiger partial charge < -0.3 is 9.31 Å². The largest absolute Gasteiger partial charge is 0.494 e. The van der Waals surface area contributed by atoms with E-state index in [1.807, 2.05) is 42.6 Å². The first kappa shape index (κ1) is 14.3. The lowest BCUT2D eigenvalue weighted by Crippen LogP contribution is -2.46. The summed E-state index contributed by atoms with van der Waals surface area (Å²) in [7, 11) is -0.317. The van der Waals surface area contributed by atoms with Crippen molar-refractivity contribution in [3.05, 3.63) is 60.4 Å². The molecule has 1 atom stereocenters. The Bertz CT molecular complexity index is 603. The third kappa shape index (κ3) is 2.74. The zero-order chi connectivity index (χ0) is 14.9. The monoisotopic (exact) mass is 281 g/mol. The molecule has 1 fully saturated rings. The molecule has 1 aliphatic heterocycles. The van der Waals surface area contributed by atoms with Crippen molar-refractivity contribution in [3.8, 4) is 0 Å². The van der Waals surface area contributed by atoms with Crippen LogP contribution in [0.2, 0.25) is 0 Å². The van der Waals surface area contributed by atoms with Crippen molar-refractivity contribution in [1.29, 1.82) is 0 Å². The summed E-state index contributed by atoms with van der Waals surface area (Å²) in [6.45, 7) is 6.29. The molecule has 2 aromatic rings. The highest BCUT2D eigenvalue weighted by Gasteiger charge is 2.54. The van der Waals surface area contributed by atoms with Gasteiger partial charge in [0.25, 0.3) is 0 Å². The molecule has 108 valence electrons. The van der Waals surface area contributed by atoms with Crippen molar-refractivity contribution in [2.45, 2.75) is 38.4 Å². The van der Waals surface area contributed by atoms with Crippen LogP contribution < -0.4 is 5.46 Å². The van der Waals surface area contributed by atoms with E-state index in [1.54, 1.807) is 6.20 Å². The highest BCUT2D eigenvalue weighted by Crippen LogP contribution is 2.39. The fraction of sp³-hybridized carbons (Fsp3) is 0.353. The van der Waals surface area contributed by atoms with E-state index in [0.29, 0.717) is 0 Å². The van der Waals surface area contributed by atoms with Crippen LogP contribution in [0.5, 0.6) is 0 Å². The number of pyridine rings is 1. The standard InChI is InChI=1S/C17H20BNO2/c1-16(2)17(3,12-14-8-7-11-19-13-14)21-18(20-16)15-9-5-4-6-10-15/h4-11,13H,12H2,1-3H3. The zero-order valence-corrected chi connectivity index (χ0v) is 12.7. The number of benzene rings is 1. The smallest absolute Gasteiger partial charge is 0.399 e. The van der Waals surface area contributed by atoms with Crippen molar-refractivity contribution in [3.63, 3.8) is 0 Å². The van der Waals surface area contributed by atoms with Gasteiger partial charge in [-0.1, -0.05) is 36.4 Å². The maximum absolute atomic E-state index is 6.30. The molecule has 1 aromatic carbocycles. The molecule has 0 amide bonds. The highest BCUT2D eigenvalue weighted by atomic mass is 16.7. The molecule has 3 nitrogen and oxygen atoms in total. The van der Waals surface area contributed by atoms with Crippen LogP contribution >= 0.6 is 0 Å². The Morgan fingerprint density at radius 3 is 2.43 bits per heavy atom.